The highest BCUT2D eigenvalue weighted by molar-refractivity contribution is 6.33. The Morgan fingerprint density at radius 3 is 2.40 bits per heavy atom. The standard InChI is InChI=1S/C27H35ClF2N6O4/c1-6-7-18(29)20(15(2)3)21-17(28)14-16-23(22(21)30)32-27(31-9-8-19(37)34(4)5)33-24(16)35-10-12-36(13-11-35)25(38)26(39)40/h6-7,14-15,26,39-40H,8-13H2,1-5H3,(H,31,32,33)/b7-6-,20-18-. The topological polar surface area (TPSA) is 122 Å². The van der Waals surface area contributed by atoms with Crippen LogP contribution in [0.4, 0.5) is 20.5 Å². The number of nitrogens with zero attached hydrogens (tertiary/aromatic N) is 5. The first-order valence-corrected chi connectivity index (χ1v) is 13.3. The van der Waals surface area contributed by atoms with Crippen molar-refractivity contribution in [2.75, 3.05) is 57.0 Å². The minimum Gasteiger partial charge on any atom is -0.361 e. The summed E-state index contributed by atoms with van der Waals surface area (Å²) in [4.78, 5) is 37.6. The van der Waals surface area contributed by atoms with Gasteiger partial charge in [0.05, 0.1) is 5.02 Å². The summed E-state index contributed by atoms with van der Waals surface area (Å²) in [6, 6.07) is 1.50. The molecule has 1 saturated heterocycles. The first-order valence-electron chi connectivity index (χ1n) is 12.9. The van der Waals surface area contributed by atoms with Crippen molar-refractivity contribution in [2.24, 2.45) is 5.92 Å². The first-order chi connectivity index (χ1) is 18.9. The third-order valence-electron chi connectivity index (χ3n) is 6.51. The molecule has 3 rings (SSSR count). The highest BCUT2D eigenvalue weighted by Crippen LogP contribution is 2.40. The number of anilines is 2. The molecule has 1 fully saturated rings. The van der Waals surface area contributed by atoms with E-state index in [-0.39, 0.29) is 78.1 Å². The van der Waals surface area contributed by atoms with E-state index in [0.717, 1.165) is 0 Å². The monoisotopic (exact) mass is 580 g/mol. The van der Waals surface area contributed by atoms with Gasteiger partial charge in [-0.3, -0.25) is 9.59 Å². The molecule has 1 aliphatic heterocycles. The van der Waals surface area contributed by atoms with Crippen LogP contribution >= 0.6 is 11.6 Å². The van der Waals surface area contributed by atoms with Crippen LogP contribution in [0, 0.1) is 11.7 Å². The maximum Gasteiger partial charge on any atom is 0.279 e. The minimum atomic E-state index is -2.11. The number of aromatic nitrogens is 2. The molecule has 0 aliphatic carbocycles. The van der Waals surface area contributed by atoms with Crippen molar-refractivity contribution in [1.29, 1.82) is 0 Å². The number of carbonyl (C=O) groups excluding carboxylic acids is 2. The number of allylic oxidation sites excluding steroid dienone is 4. The Morgan fingerprint density at radius 1 is 1.20 bits per heavy atom. The van der Waals surface area contributed by atoms with E-state index in [2.05, 4.69) is 15.3 Å². The van der Waals surface area contributed by atoms with Crippen LogP contribution < -0.4 is 10.2 Å². The van der Waals surface area contributed by atoms with E-state index in [9.17, 15) is 19.8 Å². The Kier molecular flexibility index (Phi) is 10.4. The molecule has 0 bridgehead atoms. The average molecular weight is 581 g/mol. The lowest BCUT2D eigenvalue weighted by Gasteiger charge is -2.36. The number of halogens is 3. The third kappa shape index (κ3) is 6.86. The van der Waals surface area contributed by atoms with Crippen molar-refractivity contribution in [3.05, 3.63) is 40.4 Å². The van der Waals surface area contributed by atoms with E-state index in [1.807, 2.05) is 4.90 Å². The SMILES string of the molecule is C/C=C\C(F)=C(\c1c(Cl)cc2c(N3CCN(C(=O)C(O)O)CC3)nc(NCCC(=O)N(C)C)nc2c1F)C(C)C. The van der Waals surface area contributed by atoms with Gasteiger partial charge in [-0.15, -0.1) is 0 Å². The Hall–Kier alpha value is -3.35. The zero-order valence-electron chi connectivity index (χ0n) is 23.2. The number of carbonyl (C=O) groups is 2. The largest absolute Gasteiger partial charge is 0.361 e. The van der Waals surface area contributed by atoms with Gasteiger partial charge in [-0.1, -0.05) is 31.5 Å². The maximum absolute atomic E-state index is 16.3. The normalized spacial score (nSPS) is 14.9. The van der Waals surface area contributed by atoms with Crippen LogP contribution in [0.1, 0.15) is 32.8 Å². The zero-order chi connectivity index (χ0) is 29.7. The van der Waals surface area contributed by atoms with Crippen LogP contribution in [0.3, 0.4) is 0 Å². The Balaban J connectivity index is 2.14. The molecular weight excluding hydrogens is 546 g/mol. The van der Waals surface area contributed by atoms with E-state index < -0.39 is 29.8 Å². The molecule has 0 spiro atoms. The number of hydrogen-bond donors (Lipinski definition) is 3. The quantitative estimate of drug-likeness (QED) is 0.305. The molecule has 2 amide bonds. The molecule has 10 nitrogen and oxygen atoms in total. The van der Waals surface area contributed by atoms with E-state index in [4.69, 9.17) is 11.6 Å². The number of rotatable bonds is 9. The van der Waals surface area contributed by atoms with Crippen molar-refractivity contribution in [3.63, 3.8) is 0 Å². The van der Waals surface area contributed by atoms with Gasteiger partial charge in [0.2, 0.25) is 18.1 Å². The van der Waals surface area contributed by atoms with E-state index in [0.29, 0.717) is 5.82 Å². The number of aliphatic hydroxyl groups excluding tert-OH is 1. The first kappa shape index (κ1) is 31.2. The second-order valence-electron chi connectivity index (χ2n) is 9.88. The number of nitrogens with one attached hydrogen (secondary N) is 1. The number of benzene rings is 1. The molecule has 2 aromatic rings. The lowest BCUT2D eigenvalue weighted by atomic mass is 9.92. The van der Waals surface area contributed by atoms with Gasteiger partial charge >= 0.3 is 0 Å². The lowest BCUT2D eigenvalue weighted by molar-refractivity contribution is -0.159. The van der Waals surface area contributed by atoms with Gasteiger partial charge in [0.25, 0.3) is 5.91 Å². The number of fused-ring (bicyclic) bond motifs is 1. The summed E-state index contributed by atoms with van der Waals surface area (Å²) in [5.74, 6) is -2.35. The summed E-state index contributed by atoms with van der Waals surface area (Å²) >= 11 is 6.58. The molecular formula is C27H35ClF2N6O4. The van der Waals surface area contributed by atoms with Crippen LogP contribution in [0.25, 0.3) is 16.5 Å². The van der Waals surface area contributed by atoms with Crippen LogP contribution in [0.15, 0.2) is 24.0 Å². The highest BCUT2D eigenvalue weighted by Gasteiger charge is 2.29. The number of aliphatic hydroxyl groups is 2. The number of piperazine rings is 1. The molecule has 0 atom stereocenters. The lowest BCUT2D eigenvalue weighted by Crippen LogP contribution is -2.51. The summed E-state index contributed by atoms with van der Waals surface area (Å²) in [7, 11) is 3.28. The molecule has 0 radical (unpaired) electrons. The van der Waals surface area contributed by atoms with E-state index in [1.165, 1.54) is 28.0 Å². The van der Waals surface area contributed by atoms with Crippen molar-refractivity contribution < 1.29 is 28.6 Å². The molecule has 0 unspecified atom stereocenters. The van der Waals surface area contributed by atoms with E-state index >= 15 is 8.78 Å². The number of amides is 2. The molecule has 1 aromatic heterocycles. The molecule has 0 saturated carbocycles. The summed E-state index contributed by atoms with van der Waals surface area (Å²) in [5, 5.41) is 21.7. The van der Waals surface area contributed by atoms with Crippen molar-refractivity contribution in [1.82, 2.24) is 19.8 Å². The Morgan fingerprint density at radius 2 is 1.85 bits per heavy atom. The van der Waals surface area contributed by atoms with Crippen molar-refractivity contribution in [3.8, 4) is 0 Å². The second kappa shape index (κ2) is 13.3. The fourth-order valence-electron chi connectivity index (χ4n) is 4.47. The third-order valence-corrected chi connectivity index (χ3v) is 6.81. The van der Waals surface area contributed by atoms with Crippen LogP contribution in [-0.2, 0) is 9.59 Å². The van der Waals surface area contributed by atoms with Gasteiger partial charge in [-0.25, -0.2) is 13.8 Å². The smallest absolute Gasteiger partial charge is 0.279 e. The predicted molar refractivity (Wildman–Crippen MR) is 151 cm³/mol. The van der Waals surface area contributed by atoms with Crippen molar-refractivity contribution in [2.45, 2.75) is 33.5 Å². The van der Waals surface area contributed by atoms with Crippen LogP contribution in [0.5, 0.6) is 0 Å². The predicted octanol–water partition coefficient (Wildman–Crippen LogP) is 3.18. The molecule has 218 valence electrons. The summed E-state index contributed by atoms with van der Waals surface area (Å²) < 4.78 is 31.4. The van der Waals surface area contributed by atoms with Crippen molar-refractivity contribution >= 4 is 51.7 Å². The average Bonchev–Trinajstić information content (AvgIpc) is 2.90. The molecule has 40 heavy (non-hydrogen) atoms. The van der Waals surface area contributed by atoms with Gasteiger partial charge in [0.15, 0.2) is 5.82 Å². The Bertz CT molecular complexity index is 1320. The van der Waals surface area contributed by atoms with Gasteiger partial charge < -0.3 is 30.2 Å². The molecule has 1 aliphatic rings. The van der Waals surface area contributed by atoms with Gasteiger partial charge in [0, 0.05) is 69.8 Å². The zero-order valence-corrected chi connectivity index (χ0v) is 24.0. The summed E-state index contributed by atoms with van der Waals surface area (Å²) in [6.07, 6.45) is 0.809. The minimum absolute atomic E-state index is 0.00675. The van der Waals surface area contributed by atoms with E-state index in [1.54, 1.807) is 34.9 Å². The molecule has 1 aromatic carbocycles. The second-order valence-corrected chi connectivity index (χ2v) is 10.3. The molecule has 3 N–H and O–H groups in total. The fourth-order valence-corrected chi connectivity index (χ4v) is 4.77. The van der Waals surface area contributed by atoms with Crippen LogP contribution in [0.2, 0.25) is 5.02 Å². The van der Waals surface area contributed by atoms with Crippen LogP contribution in [-0.4, -0.2) is 94.9 Å². The van der Waals surface area contributed by atoms with Gasteiger partial charge in [0.1, 0.15) is 17.2 Å². The summed E-state index contributed by atoms with van der Waals surface area (Å²) in [5.41, 5.74) is -0.0736. The Labute approximate surface area is 236 Å². The fraction of sp³-hybridized carbons (Fsp3) is 0.481. The maximum atomic E-state index is 16.3. The molecule has 2 heterocycles. The summed E-state index contributed by atoms with van der Waals surface area (Å²) in [6.45, 7) is 6.19. The number of hydrogen-bond acceptors (Lipinski definition) is 8. The highest BCUT2D eigenvalue weighted by atomic mass is 35.5. The van der Waals surface area contributed by atoms with Gasteiger partial charge in [-0.05, 0) is 25.0 Å². The molecule has 13 heteroatoms. The van der Waals surface area contributed by atoms with Gasteiger partial charge in [-0.2, -0.15) is 4.98 Å².